The van der Waals surface area contributed by atoms with Gasteiger partial charge in [-0.05, 0) is 37.3 Å². The van der Waals surface area contributed by atoms with Gasteiger partial charge in [0.15, 0.2) is 0 Å². The molecule has 0 fully saturated rings. The molecule has 3 rings (SSSR count). The number of anilines is 1. The van der Waals surface area contributed by atoms with Crippen LogP contribution in [-0.2, 0) is 7.05 Å². The average molecular weight is 256 g/mol. The van der Waals surface area contributed by atoms with Crippen molar-refractivity contribution in [3.05, 3.63) is 42.2 Å². The Morgan fingerprint density at radius 1 is 1.32 bits per heavy atom. The molecule has 0 bridgehead atoms. The third-order valence-corrected chi connectivity index (χ3v) is 3.38. The number of benzene rings is 1. The molecule has 2 heterocycles. The number of hydrogen-bond acceptors (Lipinski definition) is 4. The number of rotatable bonds is 2. The number of fused-ring (bicyclic) bond motifs is 1. The van der Waals surface area contributed by atoms with Crippen LogP contribution in [0, 0.1) is 6.92 Å². The quantitative estimate of drug-likeness (QED) is 0.868. The maximum atomic E-state index is 9.66. The van der Waals surface area contributed by atoms with Gasteiger partial charge in [-0.25, -0.2) is 10.1 Å². The highest BCUT2D eigenvalue weighted by Crippen LogP contribution is 2.23. The van der Waals surface area contributed by atoms with E-state index in [0.29, 0.717) is 0 Å². The zero-order valence-corrected chi connectivity index (χ0v) is 10.9. The topological polar surface area (TPSA) is 52.8 Å². The van der Waals surface area contributed by atoms with Crippen LogP contribution >= 0.6 is 0 Å². The first-order chi connectivity index (χ1) is 9.15. The Morgan fingerprint density at radius 2 is 2.16 bits per heavy atom. The zero-order chi connectivity index (χ0) is 13.4. The van der Waals surface area contributed by atoms with E-state index in [1.54, 1.807) is 18.5 Å². The van der Waals surface area contributed by atoms with Gasteiger partial charge in [-0.3, -0.25) is 5.21 Å². The second-order valence-electron chi connectivity index (χ2n) is 4.66. The molecule has 1 aromatic carbocycles. The van der Waals surface area contributed by atoms with Crippen LogP contribution in [0.2, 0.25) is 0 Å². The fourth-order valence-corrected chi connectivity index (χ4v) is 2.24. The largest absolute Gasteiger partial charge is 0.348 e. The van der Waals surface area contributed by atoms with Crippen molar-refractivity contribution < 1.29 is 5.21 Å². The predicted molar refractivity (Wildman–Crippen MR) is 76.3 cm³/mol. The van der Waals surface area contributed by atoms with Gasteiger partial charge in [0.25, 0.3) is 0 Å². The molecule has 0 spiro atoms. The van der Waals surface area contributed by atoms with E-state index in [1.807, 2.05) is 6.07 Å². The Morgan fingerprint density at radius 3 is 2.95 bits per heavy atom. The van der Waals surface area contributed by atoms with E-state index in [2.05, 4.69) is 47.0 Å². The summed E-state index contributed by atoms with van der Waals surface area (Å²) >= 11 is 0. The van der Waals surface area contributed by atoms with Crippen molar-refractivity contribution in [2.45, 2.75) is 13.2 Å². The molecule has 2 aromatic rings. The van der Waals surface area contributed by atoms with Crippen molar-refractivity contribution in [1.29, 1.82) is 0 Å². The van der Waals surface area contributed by atoms with Gasteiger partial charge in [0.05, 0.1) is 0 Å². The Hall–Kier alpha value is -2.27. The van der Waals surface area contributed by atoms with Crippen molar-refractivity contribution in [3.63, 3.8) is 0 Å². The molecule has 1 unspecified atom stereocenters. The van der Waals surface area contributed by atoms with Crippen LogP contribution in [-0.4, -0.2) is 27.3 Å². The summed E-state index contributed by atoms with van der Waals surface area (Å²) in [7, 11) is 2.05. The minimum atomic E-state index is -0.479. The van der Waals surface area contributed by atoms with E-state index in [1.165, 1.54) is 16.6 Å². The summed E-state index contributed by atoms with van der Waals surface area (Å²) in [6.45, 7) is 2.08. The van der Waals surface area contributed by atoms with E-state index in [-0.39, 0.29) is 0 Å². The Kier molecular flexibility index (Phi) is 2.76. The van der Waals surface area contributed by atoms with E-state index in [0.717, 1.165) is 10.8 Å². The van der Waals surface area contributed by atoms with Gasteiger partial charge in [0, 0.05) is 41.7 Å². The number of hydrogen-bond donors (Lipinski definition) is 2. The molecular weight excluding hydrogens is 240 g/mol. The van der Waals surface area contributed by atoms with E-state index in [4.69, 9.17) is 0 Å². The number of aryl methyl sites for hydroxylation is 2. The Labute approximate surface area is 111 Å². The number of aromatic nitrogens is 1. The highest BCUT2D eigenvalue weighted by atomic mass is 16.5. The lowest BCUT2D eigenvalue weighted by molar-refractivity contribution is -0.0685. The van der Waals surface area contributed by atoms with Gasteiger partial charge >= 0.3 is 0 Å². The van der Waals surface area contributed by atoms with Gasteiger partial charge in [-0.1, -0.05) is 0 Å². The normalized spacial score (nSPS) is 18.3. The van der Waals surface area contributed by atoms with Gasteiger partial charge in [-0.15, -0.1) is 0 Å². The lowest BCUT2D eigenvalue weighted by atomic mass is 10.2. The lowest BCUT2D eigenvalue weighted by Crippen LogP contribution is -2.34. The van der Waals surface area contributed by atoms with E-state index in [9.17, 15) is 5.21 Å². The lowest BCUT2D eigenvalue weighted by Gasteiger charge is -2.24. The first-order valence-electron chi connectivity index (χ1n) is 6.15. The molecule has 1 aliphatic rings. The average Bonchev–Trinajstić information content (AvgIpc) is 2.68. The van der Waals surface area contributed by atoms with Crippen molar-refractivity contribution in [2.75, 3.05) is 5.32 Å². The maximum Gasteiger partial charge on any atom is 0.218 e. The van der Waals surface area contributed by atoms with Gasteiger partial charge < -0.3 is 9.88 Å². The molecule has 1 aliphatic heterocycles. The summed E-state index contributed by atoms with van der Waals surface area (Å²) in [5.74, 6) is 0. The molecule has 1 aromatic heterocycles. The van der Waals surface area contributed by atoms with Gasteiger partial charge in [-0.2, -0.15) is 0 Å². The van der Waals surface area contributed by atoms with Gasteiger partial charge in [0.2, 0.25) is 6.29 Å². The predicted octanol–water partition coefficient (Wildman–Crippen LogP) is 2.47. The van der Waals surface area contributed by atoms with Crippen molar-refractivity contribution in [2.24, 2.45) is 12.0 Å². The highest BCUT2D eigenvalue weighted by molar-refractivity contribution is 5.84. The monoisotopic (exact) mass is 256 g/mol. The standard InChI is InChI=1S/C14H16N4O/c1-10-8-11-9-12(4-5-13(11)17(10)2)16-14-15-6-3-7-18(14)19/h3-9,14,16,19H,1-2H3. The molecular formula is C14H16N4O. The molecule has 0 saturated carbocycles. The number of aliphatic imine (C=N–C) groups is 1. The zero-order valence-electron chi connectivity index (χ0n) is 10.9. The molecule has 0 amide bonds. The minimum Gasteiger partial charge on any atom is -0.348 e. The summed E-state index contributed by atoms with van der Waals surface area (Å²) in [5, 5.41) is 15.0. The first-order valence-corrected chi connectivity index (χ1v) is 6.15. The van der Waals surface area contributed by atoms with Crippen molar-refractivity contribution in [3.8, 4) is 0 Å². The summed E-state index contributed by atoms with van der Waals surface area (Å²) < 4.78 is 2.15. The highest BCUT2D eigenvalue weighted by Gasteiger charge is 2.13. The fraction of sp³-hybridized carbons (Fsp3) is 0.214. The first kappa shape index (κ1) is 11.8. The smallest absolute Gasteiger partial charge is 0.218 e. The summed E-state index contributed by atoms with van der Waals surface area (Å²) in [6, 6.07) is 8.25. The molecule has 5 heteroatoms. The van der Waals surface area contributed by atoms with Crippen LogP contribution in [0.25, 0.3) is 10.9 Å². The second-order valence-corrected chi connectivity index (χ2v) is 4.66. The van der Waals surface area contributed by atoms with Crippen molar-refractivity contribution in [1.82, 2.24) is 9.63 Å². The third kappa shape index (κ3) is 2.08. The van der Waals surface area contributed by atoms with Crippen molar-refractivity contribution >= 4 is 22.8 Å². The molecule has 0 radical (unpaired) electrons. The maximum absolute atomic E-state index is 9.66. The molecule has 1 atom stereocenters. The molecule has 0 aliphatic carbocycles. The van der Waals surface area contributed by atoms with Gasteiger partial charge in [0.1, 0.15) is 0 Å². The van der Waals surface area contributed by atoms with Crippen LogP contribution in [0.1, 0.15) is 5.69 Å². The van der Waals surface area contributed by atoms with Crippen LogP contribution in [0.3, 0.4) is 0 Å². The molecule has 19 heavy (non-hydrogen) atoms. The fourth-order valence-electron chi connectivity index (χ4n) is 2.24. The summed E-state index contributed by atoms with van der Waals surface area (Å²) in [6.07, 6.45) is 4.43. The van der Waals surface area contributed by atoms with Crippen LogP contribution in [0.5, 0.6) is 0 Å². The third-order valence-electron chi connectivity index (χ3n) is 3.38. The molecule has 2 N–H and O–H groups in total. The van der Waals surface area contributed by atoms with E-state index < -0.39 is 6.29 Å². The Balaban J connectivity index is 1.89. The SMILES string of the molecule is Cc1cc2cc(NC3N=CC=CN3O)ccc2n1C. The molecule has 0 saturated heterocycles. The van der Waals surface area contributed by atoms with E-state index >= 15 is 0 Å². The van der Waals surface area contributed by atoms with Crippen LogP contribution < -0.4 is 5.32 Å². The van der Waals surface area contributed by atoms with Crippen LogP contribution in [0.15, 0.2) is 41.5 Å². The summed E-state index contributed by atoms with van der Waals surface area (Å²) in [5.41, 5.74) is 3.33. The Bertz CT molecular complexity index is 671. The number of nitrogens with zero attached hydrogens (tertiary/aromatic N) is 3. The second kappa shape index (κ2) is 4.44. The number of nitrogens with one attached hydrogen (secondary N) is 1. The summed E-state index contributed by atoms with van der Waals surface area (Å²) in [4.78, 5) is 4.16. The number of hydroxylamine groups is 2. The minimum absolute atomic E-state index is 0.479. The van der Waals surface area contributed by atoms with Crippen LogP contribution in [0.4, 0.5) is 5.69 Å². The number of allylic oxidation sites excluding steroid dienone is 1. The molecule has 5 nitrogen and oxygen atoms in total. The molecule has 98 valence electrons.